The number of benzene rings is 1. The molecule has 2 rings (SSSR count). The van der Waals surface area contributed by atoms with Crippen LogP contribution in [0.3, 0.4) is 0 Å². The lowest BCUT2D eigenvalue weighted by atomic mass is 10.1. The molecule has 2 N–H and O–H groups in total. The first-order valence-electron chi connectivity index (χ1n) is 5.04. The van der Waals surface area contributed by atoms with Crippen molar-refractivity contribution in [1.29, 1.82) is 0 Å². The van der Waals surface area contributed by atoms with Gasteiger partial charge in [0.1, 0.15) is 6.33 Å². The molecule has 0 saturated heterocycles. The van der Waals surface area contributed by atoms with Crippen molar-refractivity contribution >= 4 is 11.8 Å². The number of rotatable bonds is 3. The van der Waals surface area contributed by atoms with Gasteiger partial charge in [-0.15, -0.1) is 10.2 Å². The van der Waals surface area contributed by atoms with E-state index in [1.165, 1.54) is 0 Å². The number of aryl methyl sites for hydroxylation is 1. The smallest absolute Gasteiger partial charge is 0.195 e. The Labute approximate surface area is 98.9 Å². The lowest BCUT2D eigenvalue weighted by Crippen LogP contribution is -2.04. The Hall–Kier alpha value is -1.33. The molecule has 0 aliphatic rings. The summed E-state index contributed by atoms with van der Waals surface area (Å²) in [7, 11) is 1.93. The van der Waals surface area contributed by atoms with Crippen LogP contribution in [0.5, 0.6) is 0 Å². The van der Waals surface area contributed by atoms with Crippen LogP contribution in [0.4, 0.5) is 0 Å². The Morgan fingerprint density at radius 2 is 2.00 bits per heavy atom. The number of aromatic nitrogens is 3. The van der Waals surface area contributed by atoms with Gasteiger partial charge in [-0.2, -0.15) is 0 Å². The second kappa shape index (κ2) is 4.67. The van der Waals surface area contributed by atoms with Crippen molar-refractivity contribution in [2.75, 3.05) is 0 Å². The highest BCUT2D eigenvalue weighted by molar-refractivity contribution is 7.99. The summed E-state index contributed by atoms with van der Waals surface area (Å²) in [6.07, 6.45) is 1.69. The second-order valence-corrected chi connectivity index (χ2v) is 4.72. The molecule has 0 unspecified atom stereocenters. The summed E-state index contributed by atoms with van der Waals surface area (Å²) in [6, 6.07) is 8.27. The molecule has 1 aromatic carbocycles. The maximum absolute atomic E-state index is 5.79. The molecule has 1 atom stereocenters. The Kier molecular flexibility index (Phi) is 3.26. The molecule has 2 aromatic rings. The highest BCUT2D eigenvalue weighted by Crippen LogP contribution is 2.26. The van der Waals surface area contributed by atoms with Crippen LogP contribution in [0, 0.1) is 0 Å². The predicted molar refractivity (Wildman–Crippen MR) is 64.2 cm³/mol. The van der Waals surface area contributed by atoms with E-state index in [-0.39, 0.29) is 6.04 Å². The Balaban J connectivity index is 2.14. The largest absolute Gasteiger partial charge is 0.324 e. The van der Waals surface area contributed by atoms with Crippen molar-refractivity contribution in [3.05, 3.63) is 36.2 Å². The fourth-order valence-electron chi connectivity index (χ4n) is 1.31. The number of nitrogens with two attached hydrogens (primary N) is 1. The Morgan fingerprint density at radius 3 is 2.50 bits per heavy atom. The van der Waals surface area contributed by atoms with Gasteiger partial charge in [0.15, 0.2) is 5.16 Å². The van der Waals surface area contributed by atoms with E-state index in [9.17, 15) is 0 Å². The molecule has 0 aliphatic heterocycles. The molecule has 0 radical (unpaired) electrons. The first-order chi connectivity index (χ1) is 7.66. The molecule has 4 nitrogen and oxygen atoms in total. The van der Waals surface area contributed by atoms with E-state index < -0.39 is 0 Å². The zero-order valence-electron chi connectivity index (χ0n) is 9.29. The van der Waals surface area contributed by atoms with Crippen molar-refractivity contribution in [1.82, 2.24) is 14.8 Å². The molecule has 0 saturated carbocycles. The fourth-order valence-corrected chi connectivity index (χ4v) is 2.07. The highest BCUT2D eigenvalue weighted by atomic mass is 32.2. The SMILES string of the molecule is C[C@H](N)c1ccc(Sc2nncn2C)cc1. The minimum absolute atomic E-state index is 0.0777. The van der Waals surface area contributed by atoms with Crippen molar-refractivity contribution in [3.8, 4) is 0 Å². The van der Waals surface area contributed by atoms with Crippen LogP contribution in [-0.2, 0) is 7.05 Å². The second-order valence-electron chi connectivity index (χ2n) is 3.68. The first-order valence-corrected chi connectivity index (χ1v) is 5.86. The monoisotopic (exact) mass is 234 g/mol. The predicted octanol–water partition coefficient (Wildman–Crippen LogP) is 1.99. The zero-order chi connectivity index (χ0) is 11.5. The van der Waals surface area contributed by atoms with E-state index in [2.05, 4.69) is 22.3 Å². The maximum atomic E-state index is 5.79. The first kappa shape index (κ1) is 11.2. The van der Waals surface area contributed by atoms with Crippen LogP contribution in [0.1, 0.15) is 18.5 Å². The molecule has 0 aliphatic carbocycles. The van der Waals surface area contributed by atoms with Gasteiger partial charge in [-0.3, -0.25) is 0 Å². The van der Waals surface area contributed by atoms with Crippen LogP contribution in [-0.4, -0.2) is 14.8 Å². The third-order valence-corrected chi connectivity index (χ3v) is 3.34. The summed E-state index contributed by atoms with van der Waals surface area (Å²) in [5.74, 6) is 0. The summed E-state index contributed by atoms with van der Waals surface area (Å²) >= 11 is 1.59. The van der Waals surface area contributed by atoms with Crippen molar-refractivity contribution in [3.63, 3.8) is 0 Å². The number of hydrogen-bond acceptors (Lipinski definition) is 4. The summed E-state index contributed by atoms with van der Waals surface area (Å²) in [4.78, 5) is 1.14. The highest BCUT2D eigenvalue weighted by Gasteiger charge is 2.04. The van der Waals surface area contributed by atoms with E-state index in [1.54, 1.807) is 18.1 Å². The maximum Gasteiger partial charge on any atom is 0.195 e. The molecule has 1 heterocycles. The molecule has 0 spiro atoms. The van der Waals surface area contributed by atoms with E-state index in [0.717, 1.165) is 15.6 Å². The van der Waals surface area contributed by atoms with E-state index >= 15 is 0 Å². The topological polar surface area (TPSA) is 56.7 Å². The summed E-state index contributed by atoms with van der Waals surface area (Å²) in [6.45, 7) is 1.98. The summed E-state index contributed by atoms with van der Waals surface area (Å²) in [5.41, 5.74) is 6.93. The minimum Gasteiger partial charge on any atom is -0.324 e. The third kappa shape index (κ3) is 2.43. The Bertz CT molecular complexity index is 461. The standard InChI is InChI=1S/C11H14N4S/c1-8(12)9-3-5-10(6-4-9)16-11-14-13-7-15(11)2/h3-8H,12H2,1-2H3/t8-/m0/s1. The van der Waals surface area contributed by atoms with Crippen molar-refractivity contribution in [2.24, 2.45) is 12.8 Å². The number of nitrogens with zero attached hydrogens (tertiary/aromatic N) is 3. The zero-order valence-corrected chi connectivity index (χ0v) is 10.1. The van der Waals surface area contributed by atoms with Crippen molar-refractivity contribution in [2.45, 2.75) is 23.0 Å². The lowest BCUT2D eigenvalue weighted by molar-refractivity contribution is 0.788. The van der Waals surface area contributed by atoms with E-state index in [0.29, 0.717) is 0 Å². The molecule has 1 aromatic heterocycles. The fraction of sp³-hybridized carbons (Fsp3) is 0.273. The van der Waals surface area contributed by atoms with Gasteiger partial charge in [0, 0.05) is 18.0 Å². The van der Waals surface area contributed by atoms with Gasteiger partial charge in [-0.1, -0.05) is 12.1 Å². The van der Waals surface area contributed by atoms with Crippen LogP contribution in [0.15, 0.2) is 40.6 Å². The summed E-state index contributed by atoms with van der Waals surface area (Å²) < 4.78 is 1.89. The summed E-state index contributed by atoms with van der Waals surface area (Å²) in [5, 5.41) is 8.74. The average Bonchev–Trinajstić information content (AvgIpc) is 2.65. The normalized spacial score (nSPS) is 12.7. The molecule has 84 valence electrons. The van der Waals surface area contributed by atoms with Crippen LogP contribution >= 0.6 is 11.8 Å². The molecule has 0 bridgehead atoms. The lowest BCUT2D eigenvalue weighted by Gasteiger charge is -2.06. The molecule has 5 heteroatoms. The van der Waals surface area contributed by atoms with Crippen molar-refractivity contribution < 1.29 is 0 Å². The average molecular weight is 234 g/mol. The van der Waals surface area contributed by atoms with Gasteiger partial charge < -0.3 is 10.3 Å². The minimum atomic E-state index is 0.0777. The quantitative estimate of drug-likeness (QED) is 0.882. The van der Waals surface area contributed by atoms with Crippen LogP contribution in [0.25, 0.3) is 0 Å². The van der Waals surface area contributed by atoms with Gasteiger partial charge in [-0.25, -0.2) is 0 Å². The van der Waals surface area contributed by atoms with Gasteiger partial charge in [0.25, 0.3) is 0 Å². The van der Waals surface area contributed by atoms with Gasteiger partial charge in [-0.05, 0) is 36.4 Å². The van der Waals surface area contributed by atoms with E-state index in [1.807, 2.05) is 30.7 Å². The molecule has 0 amide bonds. The number of hydrogen-bond donors (Lipinski definition) is 1. The van der Waals surface area contributed by atoms with Gasteiger partial charge >= 0.3 is 0 Å². The molecular weight excluding hydrogens is 220 g/mol. The molecule has 16 heavy (non-hydrogen) atoms. The third-order valence-electron chi connectivity index (χ3n) is 2.28. The van der Waals surface area contributed by atoms with Crippen LogP contribution in [0.2, 0.25) is 0 Å². The van der Waals surface area contributed by atoms with Gasteiger partial charge in [0.2, 0.25) is 0 Å². The molecule has 0 fully saturated rings. The molecular formula is C11H14N4S. The van der Waals surface area contributed by atoms with Crippen LogP contribution < -0.4 is 5.73 Å². The van der Waals surface area contributed by atoms with Gasteiger partial charge in [0.05, 0.1) is 0 Å². The Morgan fingerprint density at radius 1 is 1.31 bits per heavy atom. The van der Waals surface area contributed by atoms with E-state index in [4.69, 9.17) is 5.73 Å².